The number of aliphatic hydroxyl groups excluding tert-OH is 1. The van der Waals surface area contributed by atoms with Crippen LogP contribution in [0.25, 0.3) is 5.76 Å². The standard InChI is InChI=1S/C26H25NO5S/c1-3-14-32-19-12-10-17(11-13-19)24(28)22-23(21-9-6-15-33-21)27(26(30)25(22)29)16-18-7-4-5-8-20(18)31-2/h4-13,15,23,28H,3,14,16H2,1-2H3/b24-22-. The van der Waals surface area contributed by atoms with Crippen molar-refractivity contribution in [2.24, 2.45) is 0 Å². The van der Waals surface area contributed by atoms with Crippen molar-refractivity contribution in [3.05, 3.63) is 87.6 Å². The first kappa shape index (κ1) is 22.6. The molecule has 1 unspecified atom stereocenters. The Morgan fingerprint density at radius 1 is 1.06 bits per heavy atom. The van der Waals surface area contributed by atoms with Crippen LogP contribution >= 0.6 is 11.3 Å². The quantitative estimate of drug-likeness (QED) is 0.283. The van der Waals surface area contributed by atoms with Crippen LogP contribution in [0.1, 0.15) is 35.4 Å². The SMILES string of the molecule is CCCOc1ccc(/C(O)=C2/C(=O)C(=O)N(Cc3ccccc3OC)C2c2cccs2)cc1. The van der Waals surface area contributed by atoms with Gasteiger partial charge in [0.15, 0.2) is 0 Å². The number of amides is 1. The third-order valence-electron chi connectivity index (χ3n) is 5.49. The van der Waals surface area contributed by atoms with Crippen molar-refractivity contribution in [3.8, 4) is 11.5 Å². The summed E-state index contributed by atoms with van der Waals surface area (Å²) in [6, 6.07) is 17.3. The monoisotopic (exact) mass is 463 g/mol. The fraction of sp³-hybridized carbons (Fsp3) is 0.231. The Morgan fingerprint density at radius 2 is 1.82 bits per heavy atom. The number of thiophene rings is 1. The summed E-state index contributed by atoms with van der Waals surface area (Å²) in [5, 5.41) is 13.0. The maximum atomic E-state index is 13.1. The first-order chi connectivity index (χ1) is 16.0. The minimum atomic E-state index is -0.702. The highest BCUT2D eigenvalue weighted by atomic mass is 32.1. The van der Waals surface area contributed by atoms with E-state index in [4.69, 9.17) is 9.47 Å². The van der Waals surface area contributed by atoms with E-state index in [2.05, 4.69) is 0 Å². The number of ether oxygens (including phenoxy) is 2. The lowest BCUT2D eigenvalue weighted by Crippen LogP contribution is -2.29. The molecule has 7 heteroatoms. The zero-order chi connectivity index (χ0) is 23.4. The molecule has 3 aromatic rings. The number of para-hydroxylation sites is 1. The van der Waals surface area contributed by atoms with Gasteiger partial charge in [-0.15, -0.1) is 11.3 Å². The normalized spacial score (nSPS) is 17.4. The van der Waals surface area contributed by atoms with Crippen molar-refractivity contribution in [2.45, 2.75) is 25.9 Å². The topological polar surface area (TPSA) is 76.1 Å². The minimum absolute atomic E-state index is 0.0829. The average molecular weight is 464 g/mol. The van der Waals surface area contributed by atoms with E-state index in [9.17, 15) is 14.7 Å². The van der Waals surface area contributed by atoms with Crippen LogP contribution in [0.4, 0.5) is 0 Å². The van der Waals surface area contributed by atoms with Gasteiger partial charge in [0, 0.05) is 16.0 Å². The number of rotatable bonds is 8. The number of aliphatic hydroxyl groups is 1. The summed E-state index contributed by atoms with van der Waals surface area (Å²) >= 11 is 1.43. The average Bonchev–Trinajstić information content (AvgIpc) is 3.46. The summed E-state index contributed by atoms with van der Waals surface area (Å²) in [4.78, 5) is 28.5. The van der Waals surface area contributed by atoms with E-state index in [-0.39, 0.29) is 17.9 Å². The summed E-state index contributed by atoms with van der Waals surface area (Å²) in [6.45, 7) is 2.80. The van der Waals surface area contributed by atoms with Gasteiger partial charge in [-0.3, -0.25) is 9.59 Å². The lowest BCUT2D eigenvalue weighted by Gasteiger charge is -2.25. The molecule has 1 aliphatic heterocycles. The molecular formula is C26H25NO5S. The zero-order valence-corrected chi connectivity index (χ0v) is 19.3. The second-order valence-corrected chi connectivity index (χ2v) is 8.61. The van der Waals surface area contributed by atoms with E-state index in [1.165, 1.54) is 16.2 Å². The van der Waals surface area contributed by atoms with Crippen LogP contribution in [0.5, 0.6) is 11.5 Å². The molecule has 33 heavy (non-hydrogen) atoms. The van der Waals surface area contributed by atoms with E-state index >= 15 is 0 Å². The highest BCUT2D eigenvalue weighted by Crippen LogP contribution is 2.42. The van der Waals surface area contributed by atoms with Crippen molar-refractivity contribution in [1.82, 2.24) is 4.90 Å². The van der Waals surface area contributed by atoms with Gasteiger partial charge in [0.05, 0.1) is 31.9 Å². The van der Waals surface area contributed by atoms with E-state index in [1.54, 1.807) is 31.4 Å². The number of benzene rings is 2. The lowest BCUT2D eigenvalue weighted by molar-refractivity contribution is -0.140. The number of likely N-dealkylation sites (tertiary alicyclic amines) is 1. The number of carbonyl (C=O) groups is 2. The van der Waals surface area contributed by atoms with Crippen LogP contribution in [0, 0.1) is 0 Å². The number of methoxy groups -OCH3 is 1. The predicted molar refractivity (Wildman–Crippen MR) is 127 cm³/mol. The molecule has 1 atom stereocenters. The molecule has 1 N–H and O–H groups in total. The second-order valence-electron chi connectivity index (χ2n) is 7.63. The molecule has 4 rings (SSSR count). The summed E-state index contributed by atoms with van der Waals surface area (Å²) in [5.74, 6) is -0.237. The predicted octanol–water partition coefficient (Wildman–Crippen LogP) is 5.17. The van der Waals surface area contributed by atoms with Gasteiger partial charge < -0.3 is 19.5 Å². The summed E-state index contributed by atoms with van der Waals surface area (Å²) in [5.41, 5.74) is 1.32. The molecule has 0 saturated carbocycles. The molecule has 170 valence electrons. The maximum absolute atomic E-state index is 13.1. The summed E-state index contributed by atoms with van der Waals surface area (Å²) in [6.07, 6.45) is 0.887. The third-order valence-corrected chi connectivity index (χ3v) is 6.41. The van der Waals surface area contributed by atoms with E-state index in [0.717, 1.165) is 16.9 Å². The van der Waals surface area contributed by atoms with Crippen molar-refractivity contribution >= 4 is 28.8 Å². The Morgan fingerprint density at radius 3 is 2.48 bits per heavy atom. The highest BCUT2D eigenvalue weighted by Gasteiger charge is 2.46. The van der Waals surface area contributed by atoms with Crippen molar-refractivity contribution in [3.63, 3.8) is 0 Å². The molecule has 0 radical (unpaired) electrons. The summed E-state index contributed by atoms with van der Waals surface area (Å²) < 4.78 is 11.0. The number of hydrogen-bond acceptors (Lipinski definition) is 6. The van der Waals surface area contributed by atoms with Gasteiger partial charge in [-0.1, -0.05) is 31.2 Å². The second kappa shape index (κ2) is 9.92. The first-order valence-electron chi connectivity index (χ1n) is 10.7. The molecule has 2 aromatic carbocycles. The van der Waals surface area contributed by atoms with Crippen molar-refractivity contribution in [1.29, 1.82) is 0 Å². The highest BCUT2D eigenvalue weighted by molar-refractivity contribution is 7.10. The van der Waals surface area contributed by atoms with Gasteiger partial charge >= 0.3 is 0 Å². The Bertz CT molecular complexity index is 1170. The maximum Gasteiger partial charge on any atom is 0.295 e. The first-order valence-corrected chi connectivity index (χ1v) is 11.6. The Hall–Kier alpha value is -3.58. The molecule has 0 bridgehead atoms. The number of carbonyl (C=O) groups excluding carboxylic acids is 2. The number of hydrogen-bond donors (Lipinski definition) is 1. The molecule has 1 aromatic heterocycles. The van der Waals surface area contributed by atoms with Gasteiger partial charge in [0.25, 0.3) is 11.7 Å². The molecule has 1 aliphatic rings. The van der Waals surface area contributed by atoms with E-state index in [1.807, 2.05) is 48.7 Å². The number of ketones is 1. The molecule has 1 amide bonds. The molecule has 0 spiro atoms. The van der Waals surface area contributed by atoms with Gasteiger partial charge in [0.2, 0.25) is 0 Å². The molecule has 0 aliphatic carbocycles. The van der Waals surface area contributed by atoms with Crippen LogP contribution in [0.2, 0.25) is 0 Å². The van der Waals surface area contributed by atoms with Crippen molar-refractivity contribution in [2.75, 3.05) is 13.7 Å². The van der Waals surface area contributed by atoms with E-state index in [0.29, 0.717) is 23.7 Å². The number of nitrogens with zero attached hydrogens (tertiary/aromatic N) is 1. The number of Topliss-reactive ketones (excluding diaryl/α,β-unsaturated/α-hetero) is 1. The zero-order valence-electron chi connectivity index (χ0n) is 18.5. The fourth-order valence-corrected chi connectivity index (χ4v) is 4.73. The largest absolute Gasteiger partial charge is 0.507 e. The van der Waals surface area contributed by atoms with Gasteiger partial charge in [0.1, 0.15) is 17.3 Å². The van der Waals surface area contributed by atoms with Crippen molar-refractivity contribution < 1.29 is 24.2 Å². The van der Waals surface area contributed by atoms with Crippen LogP contribution in [-0.2, 0) is 16.1 Å². The van der Waals surface area contributed by atoms with Crippen LogP contribution in [-0.4, -0.2) is 35.4 Å². The Labute approximate surface area is 196 Å². The smallest absolute Gasteiger partial charge is 0.295 e. The van der Waals surface area contributed by atoms with E-state index < -0.39 is 17.7 Å². The Balaban J connectivity index is 1.75. The summed E-state index contributed by atoms with van der Waals surface area (Å²) in [7, 11) is 1.57. The van der Waals surface area contributed by atoms with Crippen LogP contribution in [0.3, 0.4) is 0 Å². The van der Waals surface area contributed by atoms with Gasteiger partial charge in [-0.05, 0) is 48.2 Å². The molecule has 1 saturated heterocycles. The fourth-order valence-electron chi connectivity index (χ4n) is 3.89. The van der Waals surface area contributed by atoms with Crippen LogP contribution < -0.4 is 9.47 Å². The molecule has 1 fully saturated rings. The van der Waals surface area contributed by atoms with Gasteiger partial charge in [-0.2, -0.15) is 0 Å². The Kier molecular flexibility index (Phi) is 6.79. The molecule has 2 heterocycles. The minimum Gasteiger partial charge on any atom is -0.507 e. The lowest BCUT2D eigenvalue weighted by atomic mass is 9.99. The van der Waals surface area contributed by atoms with Gasteiger partial charge in [-0.25, -0.2) is 0 Å². The molecule has 6 nitrogen and oxygen atoms in total. The third kappa shape index (κ3) is 4.50. The molecular weight excluding hydrogens is 438 g/mol. The van der Waals surface area contributed by atoms with Crippen LogP contribution in [0.15, 0.2) is 71.6 Å².